The second kappa shape index (κ2) is 12.3. The zero-order valence-electron chi connectivity index (χ0n) is 22.3. The van der Waals surface area contributed by atoms with Crippen LogP contribution in [0.25, 0.3) is 11.0 Å². The van der Waals surface area contributed by atoms with Crippen LogP contribution in [-0.2, 0) is 4.79 Å². The number of pyridine rings is 1. The van der Waals surface area contributed by atoms with Crippen molar-refractivity contribution in [2.45, 2.75) is 38.6 Å². The molecule has 1 saturated heterocycles. The van der Waals surface area contributed by atoms with E-state index in [1.165, 1.54) is 0 Å². The summed E-state index contributed by atoms with van der Waals surface area (Å²) < 4.78 is 44.0. The summed E-state index contributed by atoms with van der Waals surface area (Å²) in [5.74, 6) is -1.47. The number of likely N-dealkylation sites (N-methyl/N-ethyl adjacent to an activating group) is 1. The van der Waals surface area contributed by atoms with E-state index in [0.29, 0.717) is 25.2 Å². The number of nitrogens with zero attached hydrogens (tertiary/aromatic N) is 5. The molecule has 1 aliphatic rings. The number of hydrogen-bond acceptors (Lipinski definition) is 6. The minimum absolute atomic E-state index is 0.0934. The number of aryl methyl sites for hydroxylation is 1. The number of aromatic nitrogens is 3. The van der Waals surface area contributed by atoms with Crippen molar-refractivity contribution in [1.29, 1.82) is 0 Å². The molecular formula is C27H30ClF3N6O3. The Kier molecular flexibility index (Phi) is 8.99. The molecule has 0 aliphatic carbocycles. The Hall–Kier alpha value is -3.64. The number of fused-ring (bicyclic) bond motifs is 1. The Balaban J connectivity index is 1.67. The van der Waals surface area contributed by atoms with Gasteiger partial charge in [-0.3, -0.25) is 14.9 Å². The van der Waals surface area contributed by atoms with Gasteiger partial charge in [0.05, 0.1) is 17.1 Å². The van der Waals surface area contributed by atoms with Gasteiger partial charge >= 0.3 is 6.36 Å². The lowest BCUT2D eigenvalue weighted by Crippen LogP contribution is -2.35. The van der Waals surface area contributed by atoms with Crippen molar-refractivity contribution in [3.63, 3.8) is 0 Å². The molecule has 4 rings (SSSR count). The number of anilines is 1. The number of halogens is 4. The van der Waals surface area contributed by atoms with E-state index in [-0.39, 0.29) is 28.6 Å². The molecule has 1 aliphatic heterocycles. The highest BCUT2D eigenvalue weighted by Crippen LogP contribution is 2.32. The fourth-order valence-electron chi connectivity index (χ4n) is 4.71. The number of likely N-dealkylation sites (tertiary alicyclic amines) is 1. The maximum absolute atomic E-state index is 13.2. The molecule has 0 unspecified atom stereocenters. The summed E-state index contributed by atoms with van der Waals surface area (Å²) >= 11 is 5.88. The Morgan fingerprint density at radius 3 is 2.73 bits per heavy atom. The van der Waals surface area contributed by atoms with Gasteiger partial charge in [-0.25, -0.2) is 9.97 Å². The quantitative estimate of drug-likeness (QED) is 0.305. The lowest BCUT2D eigenvalue weighted by atomic mass is 10.1. The third kappa shape index (κ3) is 7.30. The van der Waals surface area contributed by atoms with Crippen molar-refractivity contribution in [3.05, 3.63) is 58.8 Å². The summed E-state index contributed by atoms with van der Waals surface area (Å²) in [5.41, 5.74) is 2.18. The number of nitrogens with one attached hydrogen (secondary N) is 1. The average molecular weight is 579 g/mol. The zero-order valence-corrected chi connectivity index (χ0v) is 23.1. The van der Waals surface area contributed by atoms with Crippen LogP contribution in [0.5, 0.6) is 5.88 Å². The molecule has 1 atom stereocenters. The van der Waals surface area contributed by atoms with E-state index in [1.807, 2.05) is 54.8 Å². The summed E-state index contributed by atoms with van der Waals surface area (Å²) in [5, 5.41) is 2.40. The molecular weight excluding hydrogens is 549 g/mol. The lowest BCUT2D eigenvalue weighted by Gasteiger charge is -2.26. The van der Waals surface area contributed by atoms with Gasteiger partial charge in [-0.2, -0.15) is 0 Å². The number of ether oxygens (including phenoxy) is 1. The third-order valence-corrected chi connectivity index (χ3v) is 6.64. The monoisotopic (exact) mass is 578 g/mol. The van der Waals surface area contributed by atoms with Crippen LogP contribution in [0.1, 0.15) is 41.2 Å². The predicted molar refractivity (Wildman–Crippen MR) is 146 cm³/mol. The summed E-state index contributed by atoms with van der Waals surface area (Å²) in [6.45, 7) is 3.57. The van der Waals surface area contributed by atoms with Crippen LogP contribution < -0.4 is 10.1 Å². The molecule has 0 radical (unpaired) electrons. The van der Waals surface area contributed by atoms with Crippen molar-refractivity contribution in [1.82, 2.24) is 24.3 Å². The van der Waals surface area contributed by atoms with Gasteiger partial charge in [-0.05, 0) is 58.0 Å². The molecule has 1 aromatic carbocycles. The second-order valence-electron chi connectivity index (χ2n) is 9.87. The molecule has 0 saturated carbocycles. The average Bonchev–Trinajstić information content (AvgIpc) is 3.04. The standard InChI is InChI=1S/C27H30ClF3N6O3/c1-17-8-6-10-20-24(17)37(19-9-4-5-13-36(16-19)23(38)11-7-12-35(2)3)26(32-20)34-25(39)18-14-21(28)33-22(15-18)40-27(29,30)31/h6-8,10-11,14-15,19H,4-5,9,12-13,16H2,1-3H3,(H,32,34,39)/b11-7+/t19-/m1/s1. The van der Waals surface area contributed by atoms with Crippen molar-refractivity contribution in [3.8, 4) is 5.88 Å². The molecule has 40 heavy (non-hydrogen) atoms. The largest absolute Gasteiger partial charge is 0.574 e. The zero-order chi connectivity index (χ0) is 29.0. The molecule has 2 aromatic heterocycles. The van der Waals surface area contributed by atoms with Crippen molar-refractivity contribution in [2.75, 3.05) is 39.0 Å². The van der Waals surface area contributed by atoms with Gasteiger partial charge in [0.25, 0.3) is 5.91 Å². The van der Waals surface area contributed by atoms with E-state index in [4.69, 9.17) is 11.6 Å². The van der Waals surface area contributed by atoms with Crippen LogP contribution in [-0.4, -0.2) is 76.2 Å². The number of alkyl halides is 3. The minimum atomic E-state index is -5.00. The van der Waals surface area contributed by atoms with Gasteiger partial charge in [0.1, 0.15) is 5.15 Å². The van der Waals surface area contributed by atoms with Gasteiger partial charge < -0.3 is 19.1 Å². The second-order valence-corrected chi connectivity index (χ2v) is 10.3. The van der Waals surface area contributed by atoms with Gasteiger partial charge in [-0.15, -0.1) is 13.2 Å². The first-order valence-corrected chi connectivity index (χ1v) is 13.1. The molecule has 0 bridgehead atoms. The van der Waals surface area contributed by atoms with E-state index in [0.717, 1.165) is 42.5 Å². The molecule has 3 heterocycles. The van der Waals surface area contributed by atoms with E-state index in [9.17, 15) is 22.8 Å². The maximum atomic E-state index is 13.2. The normalized spacial score (nSPS) is 16.5. The van der Waals surface area contributed by atoms with Crippen molar-refractivity contribution < 1.29 is 27.5 Å². The summed E-state index contributed by atoms with van der Waals surface area (Å²) in [6, 6.07) is 7.39. The predicted octanol–water partition coefficient (Wildman–Crippen LogP) is 5.22. The molecule has 0 spiro atoms. The van der Waals surface area contributed by atoms with E-state index < -0.39 is 18.1 Å². The highest BCUT2D eigenvalue weighted by Gasteiger charge is 2.32. The highest BCUT2D eigenvalue weighted by molar-refractivity contribution is 6.30. The fourth-order valence-corrected chi connectivity index (χ4v) is 4.91. The number of rotatable bonds is 7. The number of amides is 2. The van der Waals surface area contributed by atoms with Crippen molar-refractivity contribution >= 4 is 40.4 Å². The summed E-state index contributed by atoms with van der Waals surface area (Å²) in [6.07, 6.45) is 0.818. The van der Waals surface area contributed by atoms with Crippen LogP contribution >= 0.6 is 11.6 Å². The minimum Gasteiger partial charge on any atom is -0.388 e. The first-order valence-electron chi connectivity index (χ1n) is 12.7. The topological polar surface area (TPSA) is 92.6 Å². The molecule has 1 N–H and O–H groups in total. The van der Waals surface area contributed by atoms with Crippen LogP contribution in [0.4, 0.5) is 19.1 Å². The number of para-hydroxylation sites is 1. The third-order valence-electron chi connectivity index (χ3n) is 6.44. The van der Waals surface area contributed by atoms with Crippen molar-refractivity contribution in [2.24, 2.45) is 0 Å². The number of hydrogen-bond donors (Lipinski definition) is 1. The summed E-state index contributed by atoms with van der Waals surface area (Å²) in [4.78, 5) is 38.1. The van der Waals surface area contributed by atoms with Gasteiger partial charge in [0.15, 0.2) is 0 Å². The Labute approximate surface area is 234 Å². The van der Waals surface area contributed by atoms with E-state index in [1.54, 1.807) is 11.0 Å². The number of benzene rings is 1. The Bertz CT molecular complexity index is 1420. The number of carbonyl (C=O) groups excluding carboxylic acids is 2. The van der Waals surface area contributed by atoms with Crippen LogP contribution in [0.15, 0.2) is 42.5 Å². The Morgan fingerprint density at radius 1 is 1.23 bits per heavy atom. The SMILES string of the molecule is Cc1cccc2nc(NC(=O)c3cc(Cl)nc(OC(F)(F)F)c3)n([C@@H]3CCCCN(C(=O)/C=C/CN(C)C)C3)c12. The van der Waals surface area contributed by atoms with Gasteiger partial charge in [-0.1, -0.05) is 29.8 Å². The molecule has 3 aromatic rings. The summed E-state index contributed by atoms with van der Waals surface area (Å²) in [7, 11) is 3.84. The Morgan fingerprint density at radius 2 is 2.00 bits per heavy atom. The van der Waals surface area contributed by atoms with Crippen LogP contribution in [0.2, 0.25) is 5.15 Å². The van der Waals surface area contributed by atoms with Gasteiger partial charge in [0.2, 0.25) is 17.7 Å². The van der Waals surface area contributed by atoms with E-state index >= 15 is 0 Å². The number of carbonyl (C=O) groups is 2. The molecule has 2 amide bonds. The smallest absolute Gasteiger partial charge is 0.388 e. The van der Waals surface area contributed by atoms with E-state index in [2.05, 4.69) is 20.0 Å². The molecule has 1 fully saturated rings. The first kappa shape index (κ1) is 29.3. The van der Waals surface area contributed by atoms with Crippen LogP contribution in [0.3, 0.4) is 0 Å². The first-order chi connectivity index (χ1) is 18.9. The fraction of sp³-hybridized carbons (Fsp3) is 0.407. The van der Waals surface area contributed by atoms with Crippen LogP contribution in [0, 0.1) is 6.92 Å². The molecule has 13 heteroatoms. The molecule has 9 nitrogen and oxygen atoms in total. The highest BCUT2D eigenvalue weighted by atomic mass is 35.5. The lowest BCUT2D eigenvalue weighted by molar-refractivity contribution is -0.276. The maximum Gasteiger partial charge on any atom is 0.574 e. The number of imidazole rings is 1. The van der Waals surface area contributed by atoms with Gasteiger partial charge in [0, 0.05) is 37.3 Å². The molecule has 214 valence electrons.